The average Bonchev–Trinajstić information content (AvgIpc) is 3.01. The number of amides is 2. The topological polar surface area (TPSA) is 43.9 Å². The van der Waals surface area contributed by atoms with Gasteiger partial charge in [0, 0.05) is 39.3 Å². The molecule has 29 heavy (non-hydrogen) atoms. The number of fused-ring (bicyclic) bond motifs is 1. The number of rotatable bonds is 7. The van der Waals surface area contributed by atoms with Crippen LogP contribution in [0.2, 0.25) is 0 Å². The van der Waals surface area contributed by atoms with Crippen LogP contribution in [0.3, 0.4) is 0 Å². The van der Waals surface area contributed by atoms with E-state index in [2.05, 4.69) is 46.2 Å². The number of benzene rings is 1. The van der Waals surface area contributed by atoms with Gasteiger partial charge in [0.15, 0.2) is 0 Å². The third-order valence-corrected chi connectivity index (χ3v) is 6.39. The quantitative estimate of drug-likeness (QED) is 0.528. The number of hydrogen-bond acceptors (Lipinski definition) is 4. The van der Waals surface area contributed by atoms with Crippen LogP contribution in [0, 0.1) is 11.8 Å². The summed E-state index contributed by atoms with van der Waals surface area (Å²) in [4.78, 5) is 31.5. The monoisotopic (exact) mass is 393 g/mol. The summed E-state index contributed by atoms with van der Waals surface area (Å²) in [6.45, 7) is 6.75. The van der Waals surface area contributed by atoms with Crippen LogP contribution in [-0.4, -0.2) is 72.3 Å². The highest BCUT2D eigenvalue weighted by atomic mass is 16.2. The smallest absolute Gasteiger partial charge is 0.233 e. The highest BCUT2D eigenvalue weighted by Gasteiger charge is 2.46. The maximum atomic E-state index is 12.5. The lowest BCUT2D eigenvalue weighted by atomic mass is 9.85. The third kappa shape index (κ3) is 4.85. The van der Waals surface area contributed by atoms with Crippen molar-refractivity contribution in [1.82, 2.24) is 14.7 Å². The van der Waals surface area contributed by atoms with Gasteiger partial charge in [-0.15, -0.1) is 0 Å². The molecular formula is C24H31N3O2. The molecule has 0 aromatic heterocycles. The van der Waals surface area contributed by atoms with Crippen LogP contribution >= 0.6 is 0 Å². The molecule has 2 amide bonds. The lowest BCUT2D eigenvalue weighted by Gasteiger charge is -2.34. The first-order valence-corrected chi connectivity index (χ1v) is 10.9. The molecule has 5 heteroatoms. The minimum atomic E-state index is -0.0972. The molecule has 0 bridgehead atoms. The number of piperazine rings is 1. The molecule has 0 N–H and O–H groups in total. The number of nitrogens with zero attached hydrogens (tertiary/aromatic N) is 3. The zero-order chi connectivity index (χ0) is 20.1. The van der Waals surface area contributed by atoms with Crippen molar-refractivity contribution in [3.05, 3.63) is 54.1 Å². The molecule has 1 aliphatic carbocycles. The van der Waals surface area contributed by atoms with Crippen molar-refractivity contribution >= 4 is 17.9 Å². The number of likely N-dealkylation sites (tertiary alicyclic amines) is 1. The Morgan fingerprint density at radius 3 is 2.10 bits per heavy atom. The van der Waals surface area contributed by atoms with Gasteiger partial charge in [-0.25, -0.2) is 0 Å². The van der Waals surface area contributed by atoms with Gasteiger partial charge >= 0.3 is 0 Å². The van der Waals surface area contributed by atoms with Gasteiger partial charge in [-0.1, -0.05) is 54.6 Å². The van der Waals surface area contributed by atoms with Crippen LogP contribution in [-0.2, 0) is 9.59 Å². The summed E-state index contributed by atoms with van der Waals surface area (Å²) < 4.78 is 0. The van der Waals surface area contributed by atoms with Gasteiger partial charge in [-0.2, -0.15) is 0 Å². The van der Waals surface area contributed by atoms with Gasteiger partial charge in [0.05, 0.1) is 11.8 Å². The van der Waals surface area contributed by atoms with E-state index >= 15 is 0 Å². The van der Waals surface area contributed by atoms with Crippen molar-refractivity contribution in [3.63, 3.8) is 0 Å². The summed E-state index contributed by atoms with van der Waals surface area (Å²) in [6.07, 6.45) is 10.8. The van der Waals surface area contributed by atoms with Crippen LogP contribution < -0.4 is 0 Å². The second kappa shape index (κ2) is 9.51. The van der Waals surface area contributed by atoms with Gasteiger partial charge < -0.3 is 4.90 Å². The molecule has 2 heterocycles. The van der Waals surface area contributed by atoms with Crippen LogP contribution in [0.25, 0.3) is 6.08 Å². The first-order valence-electron chi connectivity index (χ1n) is 10.9. The summed E-state index contributed by atoms with van der Waals surface area (Å²) >= 11 is 0. The van der Waals surface area contributed by atoms with Crippen LogP contribution in [0.4, 0.5) is 0 Å². The molecule has 0 radical (unpaired) electrons. The third-order valence-electron chi connectivity index (χ3n) is 6.39. The Labute approximate surface area is 173 Å². The predicted molar refractivity (Wildman–Crippen MR) is 115 cm³/mol. The Hall–Kier alpha value is -2.24. The standard InChI is InChI=1S/C24H31N3O2/c28-23-21-11-4-5-12-22(21)24(29)27(23)15-7-14-26-18-16-25(17-19-26)13-6-10-20-8-2-1-3-9-20/h1-6,8-10,21-22H,7,11-19H2. The van der Waals surface area contributed by atoms with Crippen molar-refractivity contribution in [2.24, 2.45) is 11.8 Å². The molecule has 2 unspecified atom stereocenters. The number of carbonyl (C=O) groups is 2. The fourth-order valence-electron chi connectivity index (χ4n) is 4.64. The molecular weight excluding hydrogens is 362 g/mol. The van der Waals surface area contributed by atoms with Crippen molar-refractivity contribution in [2.75, 3.05) is 45.8 Å². The summed E-state index contributed by atoms with van der Waals surface area (Å²) in [7, 11) is 0. The summed E-state index contributed by atoms with van der Waals surface area (Å²) in [5.74, 6) is -0.0845. The van der Waals surface area contributed by atoms with Crippen LogP contribution in [0.1, 0.15) is 24.8 Å². The highest BCUT2D eigenvalue weighted by Crippen LogP contribution is 2.35. The molecule has 0 spiro atoms. The van der Waals surface area contributed by atoms with E-state index in [9.17, 15) is 9.59 Å². The van der Waals surface area contributed by atoms with E-state index in [0.29, 0.717) is 6.54 Å². The largest absolute Gasteiger partial charge is 0.301 e. The number of carbonyl (C=O) groups excluding carboxylic acids is 2. The van der Waals surface area contributed by atoms with E-state index in [4.69, 9.17) is 0 Å². The lowest BCUT2D eigenvalue weighted by Crippen LogP contribution is -2.47. The Bertz CT molecular complexity index is 740. The number of hydrogen-bond donors (Lipinski definition) is 0. The molecule has 5 nitrogen and oxygen atoms in total. The average molecular weight is 394 g/mol. The Balaban J connectivity index is 1.15. The molecule has 2 atom stereocenters. The van der Waals surface area contributed by atoms with Crippen LogP contribution in [0.15, 0.2) is 48.6 Å². The second-order valence-corrected chi connectivity index (χ2v) is 8.29. The van der Waals surface area contributed by atoms with Gasteiger partial charge in [0.1, 0.15) is 0 Å². The fraction of sp³-hybridized carbons (Fsp3) is 0.500. The number of imide groups is 1. The molecule has 0 saturated carbocycles. The second-order valence-electron chi connectivity index (χ2n) is 8.29. The van der Waals surface area contributed by atoms with Gasteiger partial charge in [0.25, 0.3) is 0 Å². The molecule has 2 saturated heterocycles. The maximum Gasteiger partial charge on any atom is 0.233 e. The molecule has 2 fully saturated rings. The van der Waals surface area contributed by atoms with Crippen molar-refractivity contribution in [3.8, 4) is 0 Å². The molecule has 2 aliphatic heterocycles. The Morgan fingerprint density at radius 1 is 0.828 bits per heavy atom. The number of allylic oxidation sites excluding steroid dienone is 2. The maximum absolute atomic E-state index is 12.5. The fourth-order valence-corrected chi connectivity index (χ4v) is 4.64. The van der Waals surface area contributed by atoms with E-state index in [0.717, 1.165) is 58.5 Å². The van der Waals surface area contributed by atoms with Gasteiger partial charge in [-0.05, 0) is 31.4 Å². The van der Waals surface area contributed by atoms with Crippen molar-refractivity contribution in [2.45, 2.75) is 19.3 Å². The molecule has 4 rings (SSSR count). The summed E-state index contributed by atoms with van der Waals surface area (Å²) in [6, 6.07) is 10.4. The Kier molecular flexibility index (Phi) is 6.57. The summed E-state index contributed by atoms with van der Waals surface area (Å²) in [5.41, 5.74) is 1.24. The van der Waals surface area contributed by atoms with E-state index in [1.807, 2.05) is 18.2 Å². The minimum Gasteiger partial charge on any atom is -0.301 e. The Morgan fingerprint density at radius 2 is 1.45 bits per heavy atom. The SMILES string of the molecule is O=C1C2CC=CCC2C(=O)N1CCCN1CCN(CC=Cc2ccccc2)CC1. The van der Waals surface area contributed by atoms with Gasteiger partial charge in [-0.3, -0.25) is 19.4 Å². The lowest BCUT2D eigenvalue weighted by molar-refractivity contribution is -0.140. The highest BCUT2D eigenvalue weighted by molar-refractivity contribution is 6.05. The van der Waals surface area contributed by atoms with Crippen molar-refractivity contribution < 1.29 is 9.59 Å². The first kappa shape index (κ1) is 20.0. The van der Waals surface area contributed by atoms with Gasteiger partial charge in [0.2, 0.25) is 11.8 Å². The summed E-state index contributed by atoms with van der Waals surface area (Å²) in [5, 5.41) is 0. The first-order chi connectivity index (χ1) is 14.2. The molecule has 154 valence electrons. The van der Waals surface area contributed by atoms with Crippen molar-refractivity contribution in [1.29, 1.82) is 0 Å². The normalized spacial score (nSPS) is 25.9. The molecule has 1 aromatic rings. The van der Waals surface area contributed by atoms with Crippen LogP contribution in [0.5, 0.6) is 0 Å². The van der Waals surface area contributed by atoms with E-state index in [-0.39, 0.29) is 23.7 Å². The zero-order valence-electron chi connectivity index (χ0n) is 17.1. The molecule has 1 aromatic carbocycles. The predicted octanol–water partition coefficient (Wildman–Crippen LogP) is 2.66. The zero-order valence-corrected chi connectivity index (χ0v) is 17.1. The van der Waals surface area contributed by atoms with E-state index in [1.165, 1.54) is 10.5 Å². The molecule has 3 aliphatic rings. The minimum absolute atomic E-state index is 0.0550. The van der Waals surface area contributed by atoms with E-state index in [1.54, 1.807) is 0 Å². The van der Waals surface area contributed by atoms with E-state index < -0.39 is 0 Å².